The summed E-state index contributed by atoms with van der Waals surface area (Å²) >= 11 is 0. The number of aliphatic carboxylic acids is 1. The SMILES string of the molecule is CC(C)C[C@H](NC(=O)[C@H](NC(=O)[C@@H]1O[C@@H]2OC(C)(C)O[C@@H]2[C@H]2OC(C)(C)O[C@H]21)C(C)C)C(=O)O. The van der Waals surface area contributed by atoms with E-state index in [4.69, 9.17) is 23.7 Å². The summed E-state index contributed by atoms with van der Waals surface area (Å²) in [5.41, 5.74) is 0. The van der Waals surface area contributed by atoms with E-state index in [-0.39, 0.29) is 18.3 Å². The van der Waals surface area contributed by atoms with E-state index >= 15 is 0 Å². The smallest absolute Gasteiger partial charge is 0.326 e. The van der Waals surface area contributed by atoms with Crippen molar-refractivity contribution in [3.05, 3.63) is 0 Å². The van der Waals surface area contributed by atoms with Crippen LogP contribution in [0.3, 0.4) is 0 Å². The monoisotopic (exact) mass is 486 g/mol. The van der Waals surface area contributed by atoms with Crippen LogP contribution in [0.1, 0.15) is 61.8 Å². The van der Waals surface area contributed by atoms with Crippen LogP contribution in [0.5, 0.6) is 0 Å². The van der Waals surface area contributed by atoms with Crippen LogP contribution in [0.2, 0.25) is 0 Å². The molecule has 3 rings (SSSR count). The predicted molar refractivity (Wildman–Crippen MR) is 118 cm³/mol. The molecule has 0 aliphatic carbocycles. The number of carbonyl (C=O) groups is 3. The van der Waals surface area contributed by atoms with E-state index in [9.17, 15) is 19.5 Å². The number of rotatable bonds is 8. The molecule has 0 saturated carbocycles. The Morgan fingerprint density at radius 1 is 0.853 bits per heavy atom. The Balaban J connectivity index is 1.76. The average molecular weight is 487 g/mol. The van der Waals surface area contributed by atoms with E-state index in [1.54, 1.807) is 41.5 Å². The highest BCUT2D eigenvalue weighted by molar-refractivity contribution is 5.92. The summed E-state index contributed by atoms with van der Waals surface area (Å²) in [4.78, 5) is 37.9. The van der Waals surface area contributed by atoms with Crippen LogP contribution in [0, 0.1) is 11.8 Å². The summed E-state index contributed by atoms with van der Waals surface area (Å²) in [7, 11) is 0. The molecule has 3 aliphatic heterocycles. The van der Waals surface area contributed by atoms with Crippen LogP contribution in [0.25, 0.3) is 0 Å². The molecule has 3 aliphatic rings. The first-order valence-corrected chi connectivity index (χ1v) is 11.8. The Bertz CT molecular complexity index is 797. The first kappa shape index (κ1) is 26.8. The third-order valence-electron chi connectivity index (χ3n) is 5.98. The van der Waals surface area contributed by atoms with Gasteiger partial charge in [0.05, 0.1) is 0 Å². The summed E-state index contributed by atoms with van der Waals surface area (Å²) in [6.45, 7) is 14.2. The Labute approximate surface area is 200 Å². The second-order valence-corrected chi connectivity index (χ2v) is 10.8. The Morgan fingerprint density at radius 3 is 1.97 bits per heavy atom. The Morgan fingerprint density at radius 2 is 1.41 bits per heavy atom. The molecule has 3 heterocycles. The van der Waals surface area contributed by atoms with Gasteiger partial charge in [-0.3, -0.25) is 9.59 Å². The quantitative estimate of drug-likeness (QED) is 0.460. The first-order chi connectivity index (χ1) is 15.6. The number of carbonyl (C=O) groups excluding carboxylic acids is 2. The lowest BCUT2D eigenvalue weighted by Crippen LogP contribution is -2.62. The number of hydrogen-bond donors (Lipinski definition) is 3. The molecule has 11 nitrogen and oxygen atoms in total. The predicted octanol–water partition coefficient (Wildman–Crippen LogP) is 1.14. The number of ether oxygens (including phenoxy) is 5. The third kappa shape index (κ3) is 5.88. The van der Waals surface area contributed by atoms with Crippen LogP contribution >= 0.6 is 0 Å². The van der Waals surface area contributed by atoms with Gasteiger partial charge in [-0.05, 0) is 46.0 Å². The topological polar surface area (TPSA) is 142 Å². The lowest BCUT2D eigenvalue weighted by atomic mass is 9.96. The van der Waals surface area contributed by atoms with Gasteiger partial charge in [-0.25, -0.2) is 4.79 Å². The summed E-state index contributed by atoms with van der Waals surface area (Å²) in [5.74, 6) is -4.42. The van der Waals surface area contributed by atoms with Gasteiger partial charge in [-0.1, -0.05) is 27.7 Å². The second-order valence-electron chi connectivity index (χ2n) is 10.8. The van der Waals surface area contributed by atoms with E-state index in [2.05, 4.69) is 10.6 Å². The van der Waals surface area contributed by atoms with Crippen molar-refractivity contribution in [2.24, 2.45) is 11.8 Å². The van der Waals surface area contributed by atoms with Crippen LogP contribution in [0.15, 0.2) is 0 Å². The minimum Gasteiger partial charge on any atom is -0.480 e. The lowest BCUT2D eigenvalue weighted by Gasteiger charge is -2.37. The number of hydrogen-bond acceptors (Lipinski definition) is 8. The van der Waals surface area contributed by atoms with Crippen LogP contribution in [0.4, 0.5) is 0 Å². The summed E-state index contributed by atoms with van der Waals surface area (Å²) < 4.78 is 29.7. The van der Waals surface area contributed by atoms with Crippen LogP contribution < -0.4 is 10.6 Å². The third-order valence-corrected chi connectivity index (χ3v) is 5.98. The maximum Gasteiger partial charge on any atom is 0.326 e. The summed E-state index contributed by atoms with van der Waals surface area (Å²) in [6, 6.07) is -2.03. The van der Waals surface area contributed by atoms with Gasteiger partial charge in [0.1, 0.15) is 30.4 Å². The molecular weight excluding hydrogens is 448 g/mol. The fourth-order valence-electron chi connectivity index (χ4n) is 4.55. The maximum atomic E-state index is 13.4. The zero-order chi connectivity index (χ0) is 25.6. The van der Waals surface area contributed by atoms with Crippen molar-refractivity contribution in [1.29, 1.82) is 0 Å². The highest BCUT2D eigenvalue weighted by atomic mass is 16.9. The van der Waals surface area contributed by atoms with Gasteiger partial charge in [0, 0.05) is 0 Å². The molecule has 2 amide bonds. The molecule has 0 unspecified atom stereocenters. The van der Waals surface area contributed by atoms with Crippen molar-refractivity contribution < 1.29 is 43.2 Å². The van der Waals surface area contributed by atoms with E-state index in [1.165, 1.54) is 0 Å². The second kappa shape index (κ2) is 9.69. The van der Waals surface area contributed by atoms with Gasteiger partial charge in [-0.15, -0.1) is 0 Å². The lowest BCUT2D eigenvalue weighted by molar-refractivity contribution is -0.231. The fourth-order valence-corrected chi connectivity index (χ4v) is 4.55. The molecule has 34 heavy (non-hydrogen) atoms. The molecule has 0 bridgehead atoms. The molecule has 0 radical (unpaired) electrons. The molecule has 3 saturated heterocycles. The van der Waals surface area contributed by atoms with E-state index in [1.807, 2.05) is 13.8 Å². The minimum atomic E-state index is -1.12. The van der Waals surface area contributed by atoms with E-state index in [0.29, 0.717) is 0 Å². The van der Waals surface area contributed by atoms with Gasteiger partial charge < -0.3 is 39.4 Å². The van der Waals surface area contributed by atoms with E-state index < -0.39 is 72.1 Å². The average Bonchev–Trinajstić information content (AvgIpc) is 3.17. The number of carboxylic acid groups (broad SMARTS) is 1. The van der Waals surface area contributed by atoms with Gasteiger partial charge in [0.15, 0.2) is 24.0 Å². The normalized spacial score (nSPS) is 33.2. The highest BCUT2D eigenvalue weighted by Gasteiger charge is 2.62. The zero-order valence-corrected chi connectivity index (χ0v) is 21.1. The number of amides is 2. The molecular formula is C23H38N2O9. The van der Waals surface area contributed by atoms with Crippen molar-refractivity contribution in [2.75, 3.05) is 0 Å². The van der Waals surface area contributed by atoms with Gasteiger partial charge >= 0.3 is 5.97 Å². The van der Waals surface area contributed by atoms with Gasteiger partial charge in [0.25, 0.3) is 5.91 Å². The van der Waals surface area contributed by atoms with Crippen molar-refractivity contribution in [3.63, 3.8) is 0 Å². The van der Waals surface area contributed by atoms with Gasteiger partial charge in [0.2, 0.25) is 5.91 Å². The van der Waals surface area contributed by atoms with Crippen molar-refractivity contribution in [3.8, 4) is 0 Å². The standard InChI is InChI=1S/C23H38N2O9/c1-10(2)9-12(20(28)29)24-18(26)13(11(3)4)25-19(27)16-14-15(32-22(5,6)31-14)17-21(30-16)34-23(7,8)33-17/h10-17,21H,9H2,1-8H3,(H,24,26)(H,25,27)(H,28,29)/t12-,13+,14+,15-,16+,17+,21+/m0/s1. The Hall–Kier alpha value is -1.79. The van der Waals surface area contributed by atoms with Crippen LogP contribution in [-0.4, -0.2) is 77.3 Å². The molecule has 0 aromatic rings. The van der Waals surface area contributed by atoms with E-state index in [0.717, 1.165) is 0 Å². The minimum absolute atomic E-state index is 0.0646. The zero-order valence-electron chi connectivity index (χ0n) is 21.1. The molecule has 194 valence electrons. The molecule has 0 aromatic carbocycles. The summed E-state index contributed by atoms with van der Waals surface area (Å²) in [6.07, 6.45) is -3.67. The van der Waals surface area contributed by atoms with Gasteiger partial charge in [-0.2, -0.15) is 0 Å². The highest BCUT2D eigenvalue weighted by Crippen LogP contribution is 2.44. The fraction of sp³-hybridized carbons (Fsp3) is 0.870. The molecule has 3 fully saturated rings. The van der Waals surface area contributed by atoms with Crippen LogP contribution in [-0.2, 0) is 38.1 Å². The molecule has 3 N–H and O–H groups in total. The summed E-state index contributed by atoms with van der Waals surface area (Å²) in [5, 5.41) is 14.8. The maximum absolute atomic E-state index is 13.4. The molecule has 0 aromatic heterocycles. The molecule has 7 atom stereocenters. The molecule has 11 heteroatoms. The number of carboxylic acids is 1. The molecule has 0 spiro atoms. The first-order valence-electron chi connectivity index (χ1n) is 11.8. The number of fused-ring (bicyclic) bond motifs is 3. The largest absolute Gasteiger partial charge is 0.480 e. The van der Waals surface area contributed by atoms with Crippen molar-refractivity contribution in [2.45, 2.75) is 116 Å². The Kier molecular flexibility index (Phi) is 7.64. The number of nitrogens with one attached hydrogen (secondary N) is 2. The van der Waals surface area contributed by atoms with Crippen molar-refractivity contribution >= 4 is 17.8 Å². The van der Waals surface area contributed by atoms with Crippen molar-refractivity contribution in [1.82, 2.24) is 10.6 Å².